The second-order valence-electron chi connectivity index (χ2n) is 3.89. The molecular weight excluding hydrogens is 298 g/mol. The van der Waals surface area contributed by atoms with E-state index in [-0.39, 0.29) is 24.3 Å². The van der Waals surface area contributed by atoms with Crippen molar-refractivity contribution < 1.29 is 13.7 Å². The second kappa shape index (κ2) is 4.21. The molecule has 0 aliphatic carbocycles. The van der Waals surface area contributed by atoms with E-state index in [0.717, 1.165) is 0 Å². The topological polar surface area (TPSA) is 46.4 Å². The van der Waals surface area contributed by atoms with Crippen LogP contribution in [0, 0.1) is 10.1 Å². The lowest BCUT2D eigenvalue weighted by atomic mass is 10.2. The van der Waals surface area contributed by atoms with E-state index >= 15 is 0 Å². The molecule has 92 valence electrons. The zero-order chi connectivity index (χ0) is 12.6. The van der Waals surface area contributed by atoms with Gasteiger partial charge in [0.2, 0.25) is 0 Å². The fraction of sp³-hybridized carbons (Fsp3) is 0.400. The Hall–Kier alpha value is -1.24. The maximum atomic E-state index is 13.1. The number of nitro groups is 1. The fourth-order valence-electron chi connectivity index (χ4n) is 1.88. The van der Waals surface area contributed by atoms with Crippen molar-refractivity contribution in [1.29, 1.82) is 0 Å². The molecule has 1 aliphatic heterocycles. The van der Waals surface area contributed by atoms with E-state index < -0.39 is 17.4 Å². The van der Waals surface area contributed by atoms with Crippen molar-refractivity contribution in [2.24, 2.45) is 0 Å². The summed E-state index contributed by atoms with van der Waals surface area (Å²) in [5.74, 6) is -2.77. The minimum atomic E-state index is -2.77. The highest BCUT2D eigenvalue weighted by Gasteiger charge is 2.40. The van der Waals surface area contributed by atoms with Gasteiger partial charge in [-0.15, -0.1) is 0 Å². The minimum absolute atomic E-state index is 0.129. The van der Waals surface area contributed by atoms with Gasteiger partial charge >= 0.3 is 5.69 Å². The van der Waals surface area contributed by atoms with Crippen LogP contribution in [0.15, 0.2) is 22.7 Å². The summed E-state index contributed by atoms with van der Waals surface area (Å²) in [6, 6.07) is 4.61. The van der Waals surface area contributed by atoms with Crippen LogP contribution in [0.5, 0.6) is 0 Å². The van der Waals surface area contributed by atoms with Crippen molar-refractivity contribution in [1.82, 2.24) is 0 Å². The van der Waals surface area contributed by atoms with E-state index in [4.69, 9.17) is 0 Å². The van der Waals surface area contributed by atoms with Gasteiger partial charge in [0.25, 0.3) is 5.92 Å². The zero-order valence-electron chi connectivity index (χ0n) is 8.70. The molecule has 0 spiro atoms. The predicted molar refractivity (Wildman–Crippen MR) is 62.6 cm³/mol. The monoisotopic (exact) mass is 306 g/mol. The zero-order valence-corrected chi connectivity index (χ0v) is 10.3. The van der Waals surface area contributed by atoms with Crippen LogP contribution < -0.4 is 4.90 Å². The molecule has 4 nitrogen and oxygen atoms in total. The molecule has 0 radical (unpaired) electrons. The number of anilines is 1. The van der Waals surface area contributed by atoms with Crippen molar-refractivity contribution in [2.45, 2.75) is 12.3 Å². The highest BCUT2D eigenvalue weighted by atomic mass is 79.9. The summed E-state index contributed by atoms with van der Waals surface area (Å²) < 4.78 is 26.5. The molecule has 1 saturated heterocycles. The molecule has 1 aromatic carbocycles. The van der Waals surface area contributed by atoms with Gasteiger partial charge < -0.3 is 4.90 Å². The van der Waals surface area contributed by atoms with E-state index in [2.05, 4.69) is 15.9 Å². The number of benzene rings is 1. The normalized spacial score (nSPS) is 18.4. The summed E-state index contributed by atoms with van der Waals surface area (Å²) in [7, 11) is 0. The van der Waals surface area contributed by atoms with Crippen LogP contribution in [0.4, 0.5) is 20.2 Å². The summed E-state index contributed by atoms with van der Waals surface area (Å²) in [4.78, 5) is 11.7. The van der Waals surface area contributed by atoms with Crippen LogP contribution in [0.25, 0.3) is 0 Å². The van der Waals surface area contributed by atoms with Crippen molar-refractivity contribution in [2.75, 3.05) is 18.0 Å². The Bertz CT molecular complexity index is 468. The number of para-hydroxylation sites is 1. The first-order valence-electron chi connectivity index (χ1n) is 4.96. The fourth-order valence-corrected chi connectivity index (χ4v) is 2.38. The van der Waals surface area contributed by atoms with Gasteiger partial charge in [-0.3, -0.25) is 10.1 Å². The van der Waals surface area contributed by atoms with Crippen molar-refractivity contribution in [3.05, 3.63) is 32.8 Å². The molecule has 0 bridgehead atoms. The van der Waals surface area contributed by atoms with Crippen LogP contribution in [0.1, 0.15) is 6.42 Å². The van der Waals surface area contributed by atoms with Crippen LogP contribution in [-0.4, -0.2) is 23.9 Å². The van der Waals surface area contributed by atoms with E-state index in [9.17, 15) is 18.9 Å². The van der Waals surface area contributed by atoms with Gasteiger partial charge in [-0.05, 0) is 28.1 Å². The molecule has 1 fully saturated rings. The van der Waals surface area contributed by atoms with Crippen molar-refractivity contribution in [3.8, 4) is 0 Å². The van der Waals surface area contributed by atoms with Crippen LogP contribution >= 0.6 is 15.9 Å². The lowest BCUT2D eigenvalue weighted by molar-refractivity contribution is -0.384. The lowest BCUT2D eigenvalue weighted by Crippen LogP contribution is -2.25. The predicted octanol–water partition coefficient (Wildman–Crippen LogP) is 3.20. The highest BCUT2D eigenvalue weighted by molar-refractivity contribution is 9.10. The molecule has 1 aliphatic rings. The average molecular weight is 307 g/mol. The lowest BCUT2D eigenvalue weighted by Gasteiger charge is -2.18. The molecule has 0 atom stereocenters. The van der Waals surface area contributed by atoms with Gasteiger partial charge in [0.05, 0.1) is 15.9 Å². The number of alkyl halides is 2. The Morgan fingerprint density at radius 1 is 1.47 bits per heavy atom. The van der Waals surface area contributed by atoms with Crippen LogP contribution in [-0.2, 0) is 0 Å². The summed E-state index contributed by atoms with van der Waals surface area (Å²) in [5.41, 5.74) is 0.0757. The number of rotatable bonds is 2. The quantitative estimate of drug-likeness (QED) is 0.622. The summed E-state index contributed by atoms with van der Waals surface area (Å²) in [6.07, 6.45) is -0.267. The SMILES string of the molecule is O=[N+]([O-])c1c(Br)cccc1N1CCC(F)(F)C1. The Balaban J connectivity index is 2.40. The van der Waals surface area contributed by atoms with Crippen LogP contribution in [0.2, 0.25) is 0 Å². The summed E-state index contributed by atoms with van der Waals surface area (Å²) >= 11 is 3.07. The van der Waals surface area contributed by atoms with E-state index in [1.807, 2.05) is 0 Å². The van der Waals surface area contributed by atoms with E-state index in [1.54, 1.807) is 6.07 Å². The van der Waals surface area contributed by atoms with Gasteiger partial charge in [-0.2, -0.15) is 0 Å². The number of nitro benzene ring substituents is 1. The molecule has 1 aromatic rings. The Morgan fingerprint density at radius 2 is 2.18 bits per heavy atom. The molecule has 1 heterocycles. The first-order chi connectivity index (χ1) is 7.91. The molecule has 0 N–H and O–H groups in total. The molecular formula is C10H9BrF2N2O2. The summed E-state index contributed by atoms with van der Waals surface area (Å²) in [6.45, 7) is -0.339. The molecule has 0 amide bonds. The van der Waals surface area contributed by atoms with Crippen LogP contribution in [0.3, 0.4) is 0 Å². The molecule has 17 heavy (non-hydrogen) atoms. The second-order valence-corrected chi connectivity index (χ2v) is 4.75. The highest BCUT2D eigenvalue weighted by Crippen LogP contribution is 2.39. The third kappa shape index (κ3) is 2.38. The summed E-state index contributed by atoms with van der Waals surface area (Å²) in [5, 5.41) is 10.9. The van der Waals surface area contributed by atoms with Gasteiger partial charge in [-0.1, -0.05) is 6.07 Å². The average Bonchev–Trinajstić information content (AvgIpc) is 2.57. The van der Waals surface area contributed by atoms with E-state index in [1.165, 1.54) is 17.0 Å². The number of halogens is 3. The third-order valence-corrected chi connectivity index (χ3v) is 3.30. The van der Waals surface area contributed by atoms with Gasteiger partial charge in [0.15, 0.2) is 0 Å². The Kier molecular flexibility index (Phi) is 3.03. The smallest absolute Gasteiger partial charge is 0.306 e. The van der Waals surface area contributed by atoms with Crippen molar-refractivity contribution >= 4 is 27.3 Å². The molecule has 0 unspecified atom stereocenters. The third-order valence-electron chi connectivity index (χ3n) is 2.66. The molecule has 7 heteroatoms. The Morgan fingerprint density at radius 3 is 2.71 bits per heavy atom. The largest absolute Gasteiger partial charge is 0.360 e. The molecule has 0 aromatic heterocycles. The minimum Gasteiger partial charge on any atom is -0.360 e. The molecule has 0 saturated carbocycles. The maximum absolute atomic E-state index is 13.1. The van der Waals surface area contributed by atoms with Crippen molar-refractivity contribution in [3.63, 3.8) is 0 Å². The maximum Gasteiger partial charge on any atom is 0.306 e. The Labute approximate surface area is 104 Å². The standard InChI is InChI=1S/C10H9BrF2N2O2/c11-7-2-1-3-8(9(7)15(16)17)14-5-4-10(12,13)6-14/h1-3H,4-6H2. The van der Waals surface area contributed by atoms with E-state index in [0.29, 0.717) is 4.47 Å². The number of nitrogens with zero attached hydrogens (tertiary/aromatic N) is 2. The van der Waals surface area contributed by atoms with Gasteiger partial charge in [-0.25, -0.2) is 8.78 Å². The van der Waals surface area contributed by atoms with Gasteiger partial charge in [0, 0.05) is 13.0 Å². The first-order valence-corrected chi connectivity index (χ1v) is 5.76. The van der Waals surface area contributed by atoms with Gasteiger partial charge in [0.1, 0.15) is 5.69 Å². The molecule has 2 rings (SSSR count). The number of hydrogen-bond acceptors (Lipinski definition) is 3. The first kappa shape index (κ1) is 12.2. The number of hydrogen-bond donors (Lipinski definition) is 0.